The van der Waals surface area contributed by atoms with Gasteiger partial charge < -0.3 is 23.8 Å². The van der Waals surface area contributed by atoms with Crippen molar-refractivity contribution in [2.24, 2.45) is 0 Å². The van der Waals surface area contributed by atoms with Gasteiger partial charge in [0.25, 0.3) is 0 Å². The summed E-state index contributed by atoms with van der Waals surface area (Å²) in [5.41, 5.74) is 0. The van der Waals surface area contributed by atoms with Crippen LogP contribution >= 0.6 is 0 Å². The molecule has 0 aliphatic rings. The van der Waals surface area contributed by atoms with Crippen molar-refractivity contribution in [2.75, 3.05) is 41.0 Å². The minimum Gasteiger partial charge on any atom is -0.477 e. The Bertz CT molecular complexity index is 917. The number of allylic oxidation sites excluding steroid dienone is 8. The second kappa shape index (κ2) is 30.6. The zero-order chi connectivity index (χ0) is 35.0. The van der Waals surface area contributed by atoms with Gasteiger partial charge in [-0.15, -0.1) is 0 Å². The van der Waals surface area contributed by atoms with Crippen molar-refractivity contribution >= 4 is 17.9 Å². The molecule has 0 heterocycles. The van der Waals surface area contributed by atoms with Gasteiger partial charge in [0.1, 0.15) is 6.61 Å². The van der Waals surface area contributed by atoms with Crippen molar-refractivity contribution in [3.63, 3.8) is 0 Å². The second-order valence-electron chi connectivity index (χ2n) is 13.1. The van der Waals surface area contributed by atoms with Crippen molar-refractivity contribution in [2.45, 2.75) is 142 Å². The highest BCUT2D eigenvalue weighted by Gasteiger charge is 2.31. The van der Waals surface area contributed by atoms with E-state index < -0.39 is 18.1 Å². The van der Waals surface area contributed by atoms with Crippen LogP contribution in [0.2, 0.25) is 0 Å². The molecule has 0 radical (unpaired) electrons. The van der Waals surface area contributed by atoms with E-state index in [0.29, 0.717) is 19.3 Å². The summed E-state index contributed by atoms with van der Waals surface area (Å²) in [4.78, 5) is 36.7. The quantitative estimate of drug-likeness (QED) is 0.0260. The molecule has 47 heavy (non-hydrogen) atoms. The molecule has 2 unspecified atom stereocenters. The van der Waals surface area contributed by atoms with Crippen LogP contribution in [0.3, 0.4) is 0 Å². The van der Waals surface area contributed by atoms with Gasteiger partial charge >= 0.3 is 17.9 Å². The van der Waals surface area contributed by atoms with Crippen LogP contribution in [0.5, 0.6) is 0 Å². The molecule has 0 spiro atoms. The summed E-state index contributed by atoms with van der Waals surface area (Å²) in [7, 11) is 5.49. The third-order valence-corrected chi connectivity index (χ3v) is 7.74. The summed E-state index contributed by atoms with van der Waals surface area (Å²) in [6.07, 6.45) is 33.0. The molecule has 0 saturated carbocycles. The van der Waals surface area contributed by atoms with E-state index in [-0.39, 0.29) is 36.2 Å². The van der Waals surface area contributed by atoms with Crippen molar-refractivity contribution in [1.82, 2.24) is 0 Å². The zero-order valence-corrected chi connectivity index (χ0v) is 30.5. The Kier molecular flexibility index (Phi) is 28.8. The molecular formula is C39H68NO7+. The average molecular weight is 663 g/mol. The van der Waals surface area contributed by atoms with Gasteiger partial charge in [-0.05, 0) is 57.8 Å². The number of quaternary nitrogens is 1. The van der Waals surface area contributed by atoms with Crippen LogP contribution in [0.1, 0.15) is 129 Å². The van der Waals surface area contributed by atoms with Gasteiger partial charge in [0, 0.05) is 19.3 Å². The lowest BCUT2D eigenvalue weighted by atomic mass is 10.1. The van der Waals surface area contributed by atoms with Crippen LogP contribution in [-0.2, 0) is 28.6 Å². The molecule has 8 nitrogen and oxygen atoms in total. The van der Waals surface area contributed by atoms with E-state index in [1.165, 1.54) is 12.8 Å². The Morgan fingerprint density at radius 2 is 1.26 bits per heavy atom. The third-order valence-electron chi connectivity index (χ3n) is 7.74. The average Bonchev–Trinajstić information content (AvgIpc) is 3.01. The van der Waals surface area contributed by atoms with Gasteiger partial charge in [-0.25, -0.2) is 4.79 Å². The van der Waals surface area contributed by atoms with Gasteiger partial charge in [0.2, 0.25) is 0 Å². The molecule has 0 rings (SSSR count). The summed E-state index contributed by atoms with van der Waals surface area (Å²) in [6, 6.07) is -0.620. The number of hydrogen-bond donors (Lipinski definition) is 1. The highest BCUT2D eigenvalue weighted by molar-refractivity contribution is 5.72. The number of carboxylic acid groups (broad SMARTS) is 1. The highest BCUT2D eigenvalue weighted by Crippen LogP contribution is 2.12. The third kappa shape index (κ3) is 29.2. The number of esters is 2. The number of hydrogen-bond acceptors (Lipinski definition) is 6. The fraction of sp³-hybridized carbons (Fsp3) is 0.718. The Hall–Kier alpha value is -2.71. The Labute approximate surface area is 286 Å². The smallest absolute Gasteiger partial charge is 0.362 e. The highest BCUT2D eigenvalue weighted by atomic mass is 16.6. The number of ether oxygens (including phenoxy) is 3. The lowest BCUT2D eigenvalue weighted by Gasteiger charge is -2.31. The van der Waals surface area contributed by atoms with Crippen molar-refractivity contribution in [3.05, 3.63) is 48.6 Å². The van der Waals surface area contributed by atoms with Crippen LogP contribution in [0.15, 0.2) is 48.6 Å². The standard InChI is InChI=1S/C39H67NO7/c1-6-8-10-12-14-16-18-20-22-24-26-28-30-38(42)47-35(33-45-32-31-36(39(43)44)40(3,4)5)34-46-37(41)29-27-25-23-21-19-17-15-13-11-9-7-2/h8,10,13-17,19,35-36H,6-7,9,11-12,18,20-34H2,1-5H3/p+1/b10-8+,15-13+,16-14+,19-17+. The fourth-order valence-corrected chi connectivity index (χ4v) is 4.87. The monoisotopic (exact) mass is 662 g/mol. The normalized spacial score (nSPS) is 13.6. The van der Waals surface area contributed by atoms with Crippen molar-refractivity contribution < 1.29 is 38.2 Å². The number of carbonyl (C=O) groups excluding carboxylic acids is 2. The lowest BCUT2D eigenvalue weighted by Crippen LogP contribution is -2.50. The maximum Gasteiger partial charge on any atom is 0.362 e. The first kappa shape index (κ1) is 44.3. The minimum absolute atomic E-state index is 0.0451. The number of nitrogens with zero attached hydrogens (tertiary/aromatic N) is 1. The fourth-order valence-electron chi connectivity index (χ4n) is 4.87. The maximum atomic E-state index is 12.6. The number of likely N-dealkylation sites (N-methyl/N-ethyl adjacent to an activating group) is 1. The first-order valence-corrected chi connectivity index (χ1v) is 18.2. The van der Waals surface area contributed by atoms with Crippen LogP contribution in [0.25, 0.3) is 0 Å². The molecule has 0 saturated heterocycles. The summed E-state index contributed by atoms with van der Waals surface area (Å²) >= 11 is 0. The van der Waals surface area contributed by atoms with E-state index in [1.807, 2.05) is 21.1 Å². The molecule has 0 aliphatic heterocycles. The molecule has 0 aromatic carbocycles. The number of carboxylic acids is 1. The Balaban J connectivity index is 4.53. The van der Waals surface area contributed by atoms with E-state index in [2.05, 4.69) is 62.5 Å². The maximum absolute atomic E-state index is 12.6. The van der Waals surface area contributed by atoms with Gasteiger partial charge in [-0.2, -0.15) is 0 Å². The molecule has 270 valence electrons. The molecule has 0 bridgehead atoms. The molecular weight excluding hydrogens is 594 g/mol. The first-order valence-electron chi connectivity index (χ1n) is 18.2. The molecule has 0 amide bonds. The van der Waals surface area contributed by atoms with E-state index in [4.69, 9.17) is 14.2 Å². The van der Waals surface area contributed by atoms with Gasteiger partial charge in [-0.1, -0.05) is 101 Å². The van der Waals surface area contributed by atoms with E-state index >= 15 is 0 Å². The number of carbonyl (C=O) groups is 3. The summed E-state index contributed by atoms with van der Waals surface area (Å²) in [5.74, 6) is -1.53. The van der Waals surface area contributed by atoms with Crippen molar-refractivity contribution in [3.8, 4) is 0 Å². The van der Waals surface area contributed by atoms with Crippen LogP contribution in [-0.4, -0.2) is 80.6 Å². The molecule has 0 fully saturated rings. The van der Waals surface area contributed by atoms with Crippen molar-refractivity contribution in [1.29, 1.82) is 0 Å². The number of unbranched alkanes of at least 4 members (excludes halogenated alkanes) is 10. The van der Waals surface area contributed by atoms with E-state index in [1.54, 1.807) is 0 Å². The molecule has 0 aliphatic carbocycles. The predicted molar refractivity (Wildman–Crippen MR) is 192 cm³/mol. The Morgan fingerprint density at radius 1 is 0.681 bits per heavy atom. The lowest BCUT2D eigenvalue weighted by molar-refractivity contribution is -0.887. The minimum atomic E-state index is -0.885. The molecule has 0 aromatic rings. The summed E-state index contributed by atoms with van der Waals surface area (Å²) < 4.78 is 17.1. The van der Waals surface area contributed by atoms with Gasteiger partial charge in [0.15, 0.2) is 12.1 Å². The SMILES string of the molecule is CC/C=C/C/C=C/CCCCCCCC(=O)OC(COCCC(C(=O)O)[N+](C)(C)C)COC(=O)CCCCC/C=C/C=C/CCCC. The second-order valence-corrected chi connectivity index (χ2v) is 13.1. The summed E-state index contributed by atoms with van der Waals surface area (Å²) in [5, 5.41) is 9.56. The number of aliphatic carboxylic acids is 1. The molecule has 2 atom stereocenters. The largest absolute Gasteiger partial charge is 0.477 e. The summed E-state index contributed by atoms with van der Waals surface area (Å²) in [6.45, 7) is 4.49. The van der Waals surface area contributed by atoms with Crippen LogP contribution < -0.4 is 0 Å². The first-order chi connectivity index (χ1) is 22.6. The van der Waals surface area contributed by atoms with Crippen LogP contribution in [0, 0.1) is 0 Å². The molecule has 0 aromatic heterocycles. The topological polar surface area (TPSA) is 99.1 Å². The van der Waals surface area contributed by atoms with Gasteiger partial charge in [0.05, 0.1) is 34.4 Å². The van der Waals surface area contributed by atoms with E-state index in [9.17, 15) is 19.5 Å². The zero-order valence-electron chi connectivity index (χ0n) is 30.5. The molecule has 8 heteroatoms. The van der Waals surface area contributed by atoms with Gasteiger partial charge in [-0.3, -0.25) is 9.59 Å². The van der Waals surface area contributed by atoms with Crippen LogP contribution in [0.4, 0.5) is 0 Å². The Morgan fingerprint density at radius 3 is 1.89 bits per heavy atom. The predicted octanol–water partition coefficient (Wildman–Crippen LogP) is 8.90. The number of rotatable bonds is 31. The molecule has 1 N–H and O–H groups in total. The van der Waals surface area contributed by atoms with E-state index in [0.717, 1.165) is 83.5 Å².